The van der Waals surface area contributed by atoms with Gasteiger partial charge in [-0.3, -0.25) is 4.79 Å². The third kappa shape index (κ3) is 5.48. The molecule has 0 aliphatic rings. The minimum Gasteiger partial charge on any atom is -0.366 e. The largest absolute Gasteiger partial charge is 0.366 e. The smallest absolute Gasteiger partial charge is 0.319 e. The van der Waals surface area contributed by atoms with Crippen molar-refractivity contribution in [2.24, 2.45) is 11.7 Å². The van der Waals surface area contributed by atoms with Crippen LogP contribution in [0.1, 0.15) is 37.0 Å². The van der Waals surface area contributed by atoms with Crippen LogP contribution in [0, 0.1) is 5.92 Å². The summed E-state index contributed by atoms with van der Waals surface area (Å²) in [6, 6.07) is 4.27. The molecule has 0 bridgehead atoms. The minimum absolute atomic E-state index is 0.218. The van der Waals surface area contributed by atoms with E-state index in [1.165, 1.54) is 12.1 Å². The van der Waals surface area contributed by atoms with E-state index >= 15 is 0 Å². The SMILES string of the molecule is CC(C)CCCNC(=O)Nc1ccc(C(N)=O)c(Cl)c1. The number of primary amides is 1. The van der Waals surface area contributed by atoms with Gasteiger partial charge in [-0.15, -0.1) is 0 Å². The van der Waals surface area contributed by atoms with E-state index in [0.29, 0.717) is 18.2 Å². The van der Waals surface area contributed by atoms with E-state index in [1.54, 1.807) is 6.07 Å². The van der Waals surface area contributed by atoms with E-state index in [9.17, 15) is 9.59 Å². The number of carbonyl (C=O) groups is 2. The van der Waals surface area contributed by atoms with E-state index in [-0.39, 0.29) is 16.6 Å². The second kappa shape index (κ2) is 7.75. The van der Waals surface area contributed by atoms with Crippen LogP contribution >= 0.6 is 11.6 Å². The Balaban J connectivity index is 2.46. The van der Waals surface area contributed by atoms with Gasteiger partial charge >= 0.3 is 6.03 Å². The lowest BCUT2D eigenvalue weighted by atomic mass is 10.1. The fourth-order valence-corrected chi connectivity index (χ4v) is 1.95. The molecule has 0 saturated heterocycles. The first-order valence-electron chi connectivity index (χ1n) is 6.54. The van der Waals surface area contributed by atoms with Crippen LogP contribution in [0.2, 0.25) is 5.02 Å². The Kier molecular flexibility index (Phi) is 6.31. The lowest BCUT2D eigenvalue weighted by molar-refractivity contribution is 0.100. The van der Waals surface area contributed by atoms with Crippen LogP contribution in [0.15, 0.2) is 18.2 Å². The quantitative estimate of drug-likeness (QED) is 0.705. The molecule has 1 rings (SSSR count). The van der Waals surface area contributed by atoms with E-state index in [1.807, 2.05) is 0 Å². The molecule has 110 valence electrons. The first-order chi connectivity index (χ1) is 9.40. The highest BCUT2D eigenvalue weighted by atomic mass is 35.5. The summed E-state index contributed by atoms with van der Waals surface area (Å²) < 4.78 is 0. The van der Waals surface area contributed by atoms with E-state index < -0.39 is 5.91 Å². The molecule has 3 amide bonds. The van der Waals surface area contributed by atoms with Gasteiger partial charge in [-0.25, -0.2) is 4.79 Å². The van der Waals surface area contributed by atoms with Crippen molar-refractivity contribution in [3.05, 3.63) is 28.8 Å². The van der Waals surface area contributed by atoms with Gasteiger partial charge in [-0.2, -0.15) is 0 Å². The molecule has 4 N–H and O–H groups in total. The van der Waals surface area contributed by atoms with Crippen molar-refractivity contribution in [2.45, 2.75) is 26.7 Å². The Morgan fingerprint density at radius 1 is 1.35 bits per heavy atom. The Morgan fingerprint density at radius 3 is 2.60 bits per heavy atom. The maximum Gasteiger partial charge on any atom is 0.319 e. The van der Waals surface area contributed by atoms with Crippen LogP contribution in [0.4, 0.5) is 10.5 Å². The van der Waals surface area contributed by atoms with Gasteiger partial charge < -0.3 is 16.4 Å². The molecular formula is C14H20ClN3O2. The standard InChI is InChI=1S/C14H20ClN3O2/c1-9(2)4-3-7-17-14(20)18-10-5-6-11(13(16)19)12(15)8-10/h5-6,8-9H,3-4,7H2,1-2H3,(H2,16,19)(H2,17,18,20). The number of nitrogens with one attached hydrogen (secondary N) is 2. The summed E-state index contributed by atoms with van der Waals surface area (Å²) in [6.07, 6.45) is 2.01. The minimum atomic E-state index is -0.598. The van der Waals surface area contributed by atoms with Gasteiger partial charge in [0.05, 0.1) is 10.6 Å². The highest BCUT2D eigenvalue weighted by Gasteiger charge is 2.08. The summed E-state index contributed by atoms with van der Waals surface area (Å²) in [7, 11) is 0. The maximum atomic E-state index is 11.6. The fourth-order valence-electron chi connectivity index (χ4n) is 1.68. The number of hydrogen-bond acceptors (Lipinski definition) is 2. The second-order valence-electron chi connectivity index (χ2n) is 4.98. The number of carbonyl (C=O) groups excluding carboxylic acids is 2. The van der Waals surface area contributed by atoms with Crippen LogP contribution in [0.3, 0.4) is 0 Å². The molecule has 0 atom stereocenters. The third-order valence-corrected chi connectivity index (χ3v) is 3.05. The summed E-state index contributed by atoms with van der Waals surface area (Å²) in [5, 5.41) is 5.63. The summed E-state index contributed by atoms with van der Waals surface area (Å²) in [6.45, 7) is 4.90. The Labute approximate surface area is 123 Å². The third-order valence-electron chi connectivity index (χ3n) is 2.74. The molecule has 6 heteroatoms. The van der Waals surface area contributed by atoms with Gasteiger partial charge in [-0.1, -0.05) is 25.4 Å². The van der Waals surface area contributed by atoms with E-state index in [0.717, 1.165) is 12.8 Å². The van der Waals surface area contributed by atoms with Crippen molar-refractivity contribution in [2.75, 3.05) is 11.9 Å². The average molecular weight is 298 g/mol. The zero-order chi connectivity index (χ0) is 15.1. The molecular weight excluding hydrogens is 278 g/mol. The Bertz CT molecular complexity index is 489. The molecule has 0 aliphatic carbocycles. The first kappa shape index (κ1) is 16.3. The predicted molar refractivity (Wildman–Crippen MR) is 81.1 cm³/mol. The number of amides is 3. The van der Waals surface area contributed by atoms with Crippen molar-refractivity contribution in [3.8, 4) is 0 Å². The molecule has 0 unspecified atom stereocenters. The summed E-state index contributed by atoms with van der Waals surface area (Å²) in [5.41, 5.74) is 5.89. The van der Waals surface area contributed by atoms with Gasteiger partial charge in [0.15, 0.2) is 0 Å². The van der Waals surface area contributed by atoms with E-state index in [4.69, 9.17) is 17.3 Å². The van der Waals surface area contributed by atoms with Gasteiger partial charge in [0.25, 0.3) is 0 Å². The Hall–Kier alpha value is -1.75. The molecule has 20 heavy (non-hydrogen) atoms. The van der Waals surface area contributed by atoms with Crippen molar-refractivity contribution in [1.82, 2.24) is 5.32 Å². The number of anilines is 1. The number of halogens is 1. The predicted octanol–water partition coefficient (Wildman–Crippen LogP) is 3.00. The summed E-state index contributed by atoms with van der Waals surface area (Å²) >= 11 is 5.90. The molecule has 0 aliphatic heterocycles. The second-order valence-corrected chi connectivity index (χ2v) is 5.38. The van der Waals surface area contributed by atoms with Crippen LogP contribution in [0.5, 0.6) is 0 Å². The van der Waals surface area contributed by atoms with Crippen LogP contribution in [-0.2, 0) is 0 Å². The van der Waals surface area contributed by atoms with Crippen LogP contribution in [-0.4, -0.2) is 18.5 Å². The number of hydrogen-bond donors (Lipinski definition) is 3. The molecule has 1 aromatic carbocycles. The van der Waals surface area contributed by atoms with Crippen molar-refractivity contribution in [1.29, 1.82) is 0 Å². The molecule has 5 nitrogen and oxygen atoms in total. The van der Waals surface area contributed by atoms with Crippen LogP contribution < -0.4 is 16.4 Å². The molecule has 0 radical (unpaired) electrons. The number of urea groups is 1. The molecule has 0 heterocycles. The zero-order valence-corrected chi connectivity index (χ0v) is 12.5. The topological polar surface area (TPSA) is 84.2 Å². The normalized spacial score (nSPS) is 10.4. The van der Waals surface area contributed by atoms with Gasteiger partial charge in [0.2, 0.25) is 5.91 Å². The zero-order valence-electron chi connectivity index (χ0n) is 11.7. The molecule has 0 fully saturated rings. The monoisotopic (exact) mass is 297 g/mol. The van der Waals surface area contributed by atoms with Crippen molar-refractivity contribution < 1.29 is 9.59 Å². The van der Waals surface area contributed by atoms with Gasteiger partial charge in [0, 0.05) is 12.2 Å². The number of nitrogens with two attached hydrogens (primary N) is 1. The highest BCUT2D eigenvalue weighted by molar-refractivity contribution is 6.34. The van der Waals surface area contributed by atoms with Crippen molar-refractivity contribution >= 4 is 29.2 Å². The lowest BCUT2D eigenvalue weighted by Gasteiger charge is -2.09. The summed E-state index contributed by atoms with van der Waals surface area (Å²) in [5.74, 6) is 0.0275. The highest BCUT2D eigenvalue weighted by Crippen LogP contribution is 2.20. The molecule has 0 saturated carbocycles. The maximum absolute atomic E-state index is 11.6. The average Bonchev–Trinajstić information content (AvgIpc) is 2.34. The van der Waals surface area contributed by atoms with E-state index in [2.05, 4.69) is 24.5 Å². The van der Waals surface area contributed by atoms with Crippen molar-refractivity contribution in [3.63, 3.8) is 0 Å². The summed E-state index contributed by atoms with van der Waals surface area (Å²) in [4.78, 5) is 22.7. The molecule has 1 aromatic rings. The Morgan fingerprint density at radius 2 is 2.05 bits per heavy atom. The number of rotatable bonds is 6. The fraction of sp³-hybridized carbons (Fsp3) is 0.429. The van der Waals surface area contributed by atoms with Gasteiger partial charge in [0.1, 0.15) is 0 Å². The first-order valence-corrected chi connectivity index (χ1v) is 6.92. The number of benzene rings is 1. The molecule has 0 spiro atoms. The van der Waals surface area contributed by atoms with Gasteiger partial charge in [-0.05, 0) is 37.0 Å². The molecule has 0 aromatic heterocycles. The lowest BCUT2D eigenvalue weighted by Crippen LogP contribution is -2.29. The van der Waals surface area contributed by atoms with Crippen LogP contribution in [0.25, 0.3) is 0 Å².